The average molecular weight is 311 g/mol. The molecule has 0 heterocycles. The summed E-state index contributed by atoms with van der Waals surface area (Å²) in [5.41, 5.74) is -1.18. The molecule has 120 valence electrons. The molecule has 0 aliphatic rings. The molecular weight excluding hydrogens is 286 g/mol. The summed E-state index contributed by atoms with van der Waals surface area (Å²) in [5.74, 6) is -0.480. The van der Waals surface area contributed by atoms with Crippen molar-refractivity contribution in [1.82, 2.24) is 13.9 Å². The Bertz CT molecular complexity index is 408. The zero-order valence-electron chi connectivity index (χ0n) is 12.7. The van der Waals surface area contributed by atoms with Gasteiger partial charge in [-0.15, -0.1) is 0 Å². The van der Waals surface area contributed by atoms with Crippen molar-refractivity contribution in [2.24, 2.45) is 0 Å². The van der Waals surface area contributed by atoms with Gasteiger partial charge in [0.1, 0.15) is 0 Å². The largest absolute Gasteiger partial charge is 0.469 e. The van der Waals surface area contributed by atoms with Crippen LogP contribution in [-0.2, 0) is 19.7 Å². The molecule has 0 aliphatic carbocycles. The summed E-state index contributed by atoms with van der Waals surface area (Å²) in [5, 5.41) is 10.0. The number of rotatable bonds is 9. The highest BCUT2D eigenvalue weighted by molar-refractivity contribution is 7.87. The van der Waals surface area contributed by atoms with Crippen LogP contribution in [0.4, 0.5) is 0 Å². The van der Waals surface area contributed by atoms with Crippen molar-refractivity contribution in [2.75, 3.05) is 47.9 Å². The normalized spacial score (nSPS) is 15.4. The predicted molar refractivity (Wildman–Crippen MR) is 75.4 cm³/mol. The number of carbonyl (C=O) groups excluding carboxylic acids is 1. The molecule has 0 amide bonds. The lowest BCUT2D eigenvalue weighted by Crippen LogP contribution is -2.50. The first-order chi connectivity index (χ1) is 9.00. The molecule has 0 aliphatic heterocycles. The van der Waals surface area contributed by atoms with Crippen molar-refractivity contribution in [3.8, 4) is 0 Å². The molecule has 0 saturated heterocycles. The summed E-state index contributed by atoms with van der Waals surface area (Å²) >= 11 is 0. The number of methoxy groups -OCH3 is 1. The van der Waals surface area contributed by atoms with Crippen LogP contribution in [0.15, 0.2) is 0 Å². The van der Waals surface area contributed by atoms with E-state index in [0.717, 1.165) is 4.31 Å². The maximum atomic E-state index is 11.9. The minimum Gasteiger partial charge on any atom is -0.469 e. The van der Waals surface area contributed by atoms with Crippen LogP contribution in [-0.4, -0.2) is 82.2 Å². The maximum absolute atomic E-state index is 11.9. The minimum absolute atomic E-state index is 0.0117. The van der Waals surface area contributed by atoms with E-state index in [2.05, 4.69) is 9.46 Å². The fourth-order valence-electron chi connectivity index (χ4n) is 1.57. The Morgan fingerprint density at radius 1 is 1.35 bits per heavy atom. The predicted octanol–water partition coefficient (Wildman–Crippen LogP) is -1.37. The van der Waals surface area contributed by atoms with Crippen LogP contribution in [0, 0.1) is 0 Å². The van der Waals surface area contributed by atoms with Gasteiger partial charge in [-0.25, -0.2) is 0 Å². The lowest BCUT2D eigenvalue weighted by Gasteiger charge is -2.28. The number of ether oxygens (including phenoxy) is 1. The molecule has 20 heavy (non-hydrogen) atoms. The summed E-state index contributed by atoms with van der Waals surface area (Å²) in [6.07, 6.45) is -0.0258. The van der Waals surface area contributed by atoms with Gasteiger partial charge >= 0.3 is 5.97 Å². The van der Waals surface area contributed by atoms with Crippen molar-refractivity contribution >= 4 is 16.2 Å². The van der Waals surface area contributed by atoms with Gasteiger partial charge in [0.15, 0.2) is 0 Å². The van der Waals surface area contributed by atoms with Gasteiger partial charge in [0.05, 0.1) is 19.1 Å². The molecular formula is C11H25N3O5S. The van der Waals surface area contributed by atoms with E-state index in [0.29, 0.717) is 6.54 Å². The number of carbonyl (C=O) groups is 1. The van der Waals surface area contributed by atoms with Crippen molar-refractivity contribution in [1.29, 1.82) is 0 Å². The van der Waals surface area contributed by atoms with Crippen LogP contribution in [0.1, 0.15) is 13.3 Å². The van der Waals surface area contributed by atoms with Crippen molar-refractivity contribution in [2.45, 2.75) is 18.9 Å². The Morgan fingerprint density at radius 3 is 2.35 bits per heavy atom. The molecule has 0 radical (unpaired) electrons. The van der Waals surface area contributed by atoms with Crippen molar-refractivity contribution in [3.05, 3.63) is 0 Å². The Hall–Kier alpha value is -0.740. The number of nitrogens with zero attached hydrogens (tertiary/aromatic N) is 2. The number of aliphatic hydroxyl groups is 1. The molecule has 0 spiro atoms. The first-order valence-corrected chi connectivity index (χ1v) is 7.59. The summed E-state index contributed by atoms with van der Waals surface area (Å²) in [6.45, 7) is 1.76. The monoisotopic (exact) mass is 311 g/mol. The van der Waals surface area contributed by atoms with Crippen LogP contribution in [0.2, 0.25) is 0 Å². The number of nitrogens with one attached hydrogen (secondary N) is 1. The Labute approximate surface area is 120 Å². The number of hydrogen-bond donors (Lipinski definition) is 2. The molecule has 0 rings (SSSR count). The van der Waals surface area contributed by atoms with Crippen molar-refractivity contribution < 1.29 is 23.1 Å². The number of hydrogen-bond acceptors (Lipinski definition) is 6. The highest BCUT2D eigenvalue weighted by atomic mass is 32.2. The van der Waals surface area contributed by atoms with Crippen LogP contribution < -0.4 is 4.72 Å². The van der Waals surface area contributed by atoms with E-state index in [1.807, 2.05) is 0 Å². The van der Waals surface area contributed by atoms with Gasteiger partial charge in [-0.2, -0.15) is 17.4 Å². The fourth-order valence-corrected chi connectivity index (χ4v) is 2.61. The number of esters is 1. The van der Waals surface area contributed by atoms with Gasteiger partial charge < -0.3 is 14.7 Å². The standard InChI is InChI=1S/C11H25N3O5S/c1-11(16,9-13(2)3)8-12-20(17,18)14(4)7-6-10(15)19-5/h12,16H,6-9H2,1-5H3. The first kappa shape index (κ1) is 19.3. The SMILES string of the molecule is COC(=O)CCN(C)S(=O)(=O)NCC(C)(O)CN(C)C. The lowest BCUT2D eigenvalue weighted by atomic mass is 10.1. The zero-order chi connectivity index (χ0) is 16.0. The zero-order valence-corrected chi connectivity index (χ0v) is 13.5. The molecule has 1 unspecified atom stereocenters. The van der Waals surface area contributed by atoms with Gasteiger partial charge in [-0.3, -0.25) is 4.79 Å². The van der Waals surface area contributed by atoms with E-state index in [4.69, 9.17) is 0 Å². The van der Waals surface area contributed by atoms with E-state index < -0.39 is 21.8 Å². The van der Waals surface area contributed by atoms with Crippen LogP contribution in [0.3, 0.4) is 0 Å². The molecule has 2 N–H and O–H groups in total. The van der Waals surface area contributed by atoms with E-state index >= 15 is 0 Å². The van der Waals surface area contributed by atoms with Gasteiger partial charge in [0.2, 0.25) is 0 Å². The maximum Gasteiger partial charge on any atom is 0.306 e. The molecule has 0 aromatic carbocycles. The Morgan fingerprint density at radius 2 is 1.90 bits per heavy atom. The Kier molecular flexibility index (Phi) is 7.60. The molecule has 0 aromatic rings. The second kappa shape index (κ2) is 7.89. The second-order valence-corrected chi connectivity index (χ2v) is 7.07. The third-order valence-electron chi connectivity index (χ3n) is 2.56. The highest BCUT2D eigenvalue weighted by Crippen LogP contribution is 2.05. The highest BCUT2D eigenvalue weighted by Gasteiger charge is 2.26. The molecule has 0 saturated carbocycles. The molecule has 0 aromatic heterocycles. The van der Waals surface area contributed by atoms with E-state index in [1.54, 1.807) is 25.9 Å². The van der Waals surface area contributed by atoms with Gasteiger partial charge in [-0.05, 0) is 21.0 Å². The molecule has 0 fully saturated rings. The van der Waals surface area contributed by atoms with E-state index in [9.17, 15) is 18.3 Å². The van der Waals surface area contributed by atoms with Gasteiger partial charge in [0.25, 0.3) is 10.2 Å². The molecule has 1 atom stereocenters. The minimum atomic E-state index is -3.74. The lowest BCUT2D eigenvalue weighted by molar-refractivity contribution is -0.140. The van der Waals surface area contributed by atoms with E-state index in [1.165, 1.54) is 14.2 Å². The quantitative estimate of drug-likeness (QED) is 0.510. The molecule has 0 bridgehead atoms. The van der Waals surface area contributed by atoms with E-state index in [-0.39, 0.29) is 19.5 Å². The van der Waals surface area contributed by atoms with Crippen LogP contribution in [0.25, 0.3) is 0 Å². The van der Waals surface area contributed by atoms with Crippen LogP contribution >= 0.6 is 0 Å². The third-order valence-corrected chi connectivity index (χ3v) is 4.07. The Balaban J connectivity index is 4.40. The second-order valence-electron chi connectivity index (χ2n) is 5.21. The van der Waals surface area contributed by atoms with Crippen molar-refractivity contribution in [3.63, 3.8) is 0 Å². The third kappa shape index (κ3) is 7.75. The summed E-state index contributed by atoms with van der Waals surface area (Å²) in [4.78, 5) is 12.7. The smallest absolute Gasteiger partial charge is 0.306 e. The summed E-state index contributed by atoms with van der Waals surface area (Å²) in [7, 11) is 2.43. The average Bonchev–Trinajstić information content (AvgIpc) is 2.31. The molecule has 8 nitrogen and oxygen atoms in total. The van der Waals surface area contributed by atoms with Crippen LogP contribution in [0.5, 0.6) is 0 Å². The summed E-state index contributed by atoms with van der Waals surface area (Å²) < 4.78 is 31.6. The van der Waals surface area contributed by atoms with Gasteiger partial charge in [0, 0.05) is 26.7 Å². The topological polar surface area (TPSA) is 99.2 Å². The fraction of sp³-hybridized carbons (Fsp3) is 0.909. The molecule has 9 heteroatoms. The summed E-state index contributed by atoms with van der Waals surface area (Å²) in [6, 6.07) is 0. The first-order valence-electron chi connectivity index (χ1n) is 6.15. The van der Waals surface area contributed by atoms with Gasteiger partial charge in [-0.1, -0.05) is 0 Å². The number of likely N-dealkylation sites (N-methyl/N-ethyl adjacent to an activating group) is 1.